The van der Waals surface area contributed by atoms with Crippen LogP contribution in [0.5, 0.6) is 0 Å². The molecule has 0 fully saturated rings. The number of para-hydroxylation sites is 1. The van der Waals surface area contributed by atoms with Crippen molar-refractivity contribution < 1.29 is 4.74 Å². The summed E-state index contributed by atoms with van der Waals surface area (Å²) in [6.07, 6.45) is 39.3. The number of hydrogen-bond acceptors (Lipinski definition) is 2. The molecular weight excluding hydrogens is 486 g/mol. The molecule has 2 heteroatoms. The first kappa shape index (κ1) is 34.8. The van der Waals surface area contributed by atoms with Gasteiger partial charge in [-0.15, -0.1) is 0 Å². The minimum Gasteiger partial charge on any atom is -0.377 e. The highest BCUT2D eigenvalue weighted by Gasteiger charge is 1.99. The summed E-state index contributed by atoms with van der Waals surface area (Å²) in [6.45, 7) is 3.85. The van der Waals surface area contributed by atoms with E-state index in [1.54, 1.807) is 0 Å². The van der Waals surface area contributed by atoms with E-state index in [-0.39, 0.29) is 0 Å². The lowest BCUT2D eigenvalue weighted by Gasteiger charge is -2.06. The Morgan fingerprint density at radius 3 is 1.35 bits per heavy atom. The van der Waals surface area contributed by atoms with Crippen molar-refractivity contribution in [3.8, 4) is 0 Å². The van der Waals surface area contributed by atoms with E-state index in [0.29, 0.717) is 6.61 Å². The normalized spacial score (nSPS) is 11.5. The van der Waals surface area contributed by atoms with Gasteiger partial charge in [0, 0.05) is 18.2 Å². The lowest BCUT2D eigenvalue weighted by atomic mass is 10.0. The van der Waals surface area contributed by atoms with Gasteiger partial charge in [-0.25, -0.2) is 0 Å². The zero-order valence-electron chi connectivity index (χ0n) is 26.6. The fraction of sp³-hybridized carbons (Fsp3) is 0.763. The van der Waals surface area contributed by atoms with Gasteiger partial charge in [0.1, 0.15) is 0 Å². The van der Waals surface area contributed by atoms with Crippen LogP contribution in [0.3, 0.4) is 0 Å². The summed E-state index contributed by atoms with van der Waals surface area (Å²) < 4.78 is 5.88. The molecule has 0 amide bonds. The zero-order valence-corrected chi connectivity index (χ0v) is 26.6. The van der Waals surface area contributed by atoms with Crippen molar-refractivity contribution in [2.75, 3.05) is 6.61 Å². The van der Waals surface area contributed by atoms with Crippen LogP contribution in [0.2, 0.25) is 0 Å². The molecule has 228 valence electrons. The van der Waals surface area contributed by atoms with Crippen molar-refractivity contribution in [3.63, 3.8) is 0 Å². The molecular formula is C38H65NO. The van der Waals surface area contributed by atoms with Gasteiger partial charge in [-0.3, -0.25) is 4.98 Å². The van der Waals surface area contributed by atoms with Gasteiger partial charge >= 0.3 is 0 Å². The SMILES string of the molecule is CCCCCCCCCCCCCCCCCCCCCCCCCCCCOCc1cnc2ccccc2c1. The molecule has 0 aliphatic carbocycles. The smallest absolute Gasteiger partial charge is 0.0732 e. The van der Waals surface area contributed by atoms with E-state index >= 15 is 0 Å². The Morgan fingerprint density at radius 2 is 0.900 bits per heavy atom. The predicted octanol–water partition coefficient (Wildman–Crippen LogP) is 12.9. The molecule has 2 rings (SSSR count). The summed E-state index contributed by atoms with van der Waals surface area (Å²) in [7, 11) is 0. The molecule has 40 heavy (non-hydrogen) atoms. The second kappa shape index (κ2) is 26.5. The van der Waals surface area contributed by atoms with E-state index in [2.05, 4.69) is 36.2 Å². The largest absolute Gasteiger partial charge is 0.377 e. The van der Waals surface area contributed by atoms with Crippen LogP contribution in [-0.4, -0.2) is 11.6 Å². The summed E-state index contributed by atoms with van der Waals surface area (Å²) in [5.41, 5.74) is 2.23. The minimum absolute atomic E-state index is 0.678. The van der Waals surface area contributed by atoms with E-state index in [1.165, 1.54) is 178 Å². The predicted molar refractivity (Wildman–Crippen MR) is 177 cm³/mol. The molecule has 2 aromatic rings. The molecule has 1 aromatic heterocycles. The maximum Gasteiger partial charge on any atom is 0.0732 e. The molecule has 2 nitrogen and oxygen atoms in total. The second-order valence-electron chi connectivity index (χ2n) is 12.4. The lowest BCUT2D eigenvalue weighted by Crippen LogP contribution is -1.96. The van der Waals surface area contributed by atoms with E-state index in [9.17, 15) is 0 Å². The van der Waals surface area contributed by atoms with Gasteiger partial charge in [0.25, 0.3) is 0 Å². The number of rotatable bonds is 29. The molecule has 1 heterocycles. The summed E-state index contributed by atoms with van der Waals surface area (Å²) in [5, 5.41) is 1.20. The van der Waals surface area contributed by atoms with Crippen molar-refractivity contribution in [3.05, 3.63) is 42.1 Å². The van der Waals surface area contributed by atoms with Gasteiger partial charge in [-0.1, -0.05) is 186 Å². The Bertz CT molecular complexity index is 803. The first-order valence-electron chi connectivity index (χ1n) is 17.8. The van der Waals surface area contributed by atoms with Crippen LogP contribution in [0.25, 0.3) is 10.9 Å². The van der Waals surface area contributed by atoms with E-state index in [1.807, 2.05) is 12.3 Å². The fourth-order valence-electron chi connectivity index (χ4n) is 5.91. The van der Waals surface area contributed by atoms with Gasteiger partial charge in [-0.2, -0.15) is 0 Å². The monoisotopic (exact) mass is 552 g/mol. The first-order valence-corrected chi connectivity index (χ1v) is 17.8. The summed E-state index contributed by atoms with van der Waals surface area (Å²) in [4.78, 5) is 4.52. The number of ether oxygens (including phenoxy) is 1. The molecule has 1 aromatic carbocycles. The summed E-state index contributed by atoms with van der Waals surface area (Å²) >= 11 is 0. The molecule has 0 aliphatic heterocycles. The van der Waals surface area contributed by atoms with Crippen molar-refractivity contribution in [1.82, 2.24) is 4.98 Å². The third kappa shape index (κ3) is 19.6. The Balaban J connectivity index is 1.20. The van der Waals surface area contributed by atoms with Crippen molar-refractivity contribution >= 4 is 10.9 Å². The highest BCUT2D eigenvalue weighted by molar-refractivity contribution is 5.78. The molecule has 0 atom stereocenters. The van der Waals surface area contributed by atoms with Gasteiger partial charge < -0.3 is 4.74 Å². The van der Waals surface area contributed by atoms with E-state index < -0.39 is 0 Å². The molecule has 0 saturated heterocycles. The van der Waals surface area contributed by atoms with Crippen molar-refractivity contribution in [2.24, 2.45) is 0 Å². The van der Waals surface area contributed by atoms with Gasteiger partial charge in [0.15, 0.2) is 0 Å². The number of pyridine rings is 1. The van der Waals surface area contributed by atoms with E-state index in [4.69, 9.17) is 4.74 Å². The Morgan fingerprint density at radius 1 is 0.500 bits per heavy atom. The number of benzene rings is 1. The Labute approximate surface area is 249 Å². The fourth-order valence-corrected chi connectivity index (χ4v) is 5.91. The Kier molecular flexibility index (Phi) is 23.0. The molecule has 0 bridgehead atoms. The van der Waals surface area contributed by atoms with Crippen LogP contribution >= 0.6 is 0 Å². The zero-order chi connectivity index (χ0) is 28.2. The third-order valence-electron chi connectivity index (χ3n) is 8.56. The summed E-state index contributed by atoms with van der Waals surface area (Å²) in [5.74, 6) is 0. The number of unbranched alkanes of at least 4 members (excludes halogenated alkanes) is 25. The van der Waals surface area contributed by atoms with Crippen LogP contribution in [0.15, 0.2) is 36.5 Å². The van der Waals surface area contributed by atoms with Gasteiger partial charge in [0.2, 0.25) is 0 Å². The maximum atomic E-state index is 5.88. The standard InChI is InChI=1S/C38H65NO/c1-2-3-4-5-6-7-8-9-10-11-12-13-14-15-16-17-18-19-20-21-22-23-24-25-26-29-32-40-35-36-33-37-30-27-28-31-38(37)39-34-36/h27-28,30-31,33-34H,2-26,29,32,35H2,1H3. The quantitative estimate of drug-likeness (QED) is 0.0938. The third-order valence-corrected chi connectivity index (χ3v) is 8.56. The van der Waals surface area contributed by atoms with Crippen LogP contribution in [0.4, 0.5) is 0 Å². The highest BCUT2D eigenvalue weighted by Crippen LogP contribution is 2.17. The lowest BCUT2D eigenvalue weighted by molar-refractivity contribution is 0.116. The average molecular weight is 552 g/mol. The minimum atomic E-state index is 0.678. The van der Waals surface area contributed by atoms with Crippen LogP contribution in [0, 0.1) is 0 Å². The van der Waals surface area contributed by atoms with E-state index in [0.717, 1.165) is 12.1 Å². The van der Waals surface area contributed by atoms with Crippen LogP contribution in [0.1, 0.15) is 179 Å². The van der Waals surface area contributed by atoms with Crippen molar-refractivity contribution in [2.45, 2.75) is 180 Å². The molecule has 0 aliphatic rings. The van der Waals surface area contributed by atoms with Gasteiger partial charge in [-0.05, 0) is 24.1 Å². The number of aromatic nitrogens is 1. The molecule has 0 N–H and O–H groups in total. The molecule has 0 spiro atoms. The van der Waals surface area contributed by atoms with Crippen LogP contribution in [-0.2, 0) is 11.3 Å². The molecule has 0 saturated carbocycles. The highest BCUT2D eigenvalue weighted by atomic mass is 16.5. The first-order chi connectivity index (χ1) is 19.9. The molecule has 0 unspecified atom stereocenters. The number of fused-ring (bicyclic) bond motifs is 1. The second-order valence-corrected chi connectivity index (χ2v) is 12.4. The maximum absolute atomic E-state index is 5.88. The van der Waals surface area contributed by atoms with Crippen LogP contribution < -0.4 is 0 Å². The number of hydrogen-bond donors (Lipinski definition) is 0. The van der Waals surface area contributed by atoms with Gasteiger partial charge in [0.05, 0.1) is 12.1 Å². The number of nitrogens with zero attached hydrogens (tertiary/aromatic N) is 1. The summed E-state index contributed by atoms with van der Waals surface area (Å²) in [6, 6.07) is 10.5. The molecule has 0 radical (unpaired) electrons. The van der Waals surface area contributed by atoms with Crippen molar-refractivity contribution in [1.29, 1.82) is 0 Å². The average Bonchev–Trinajstić information content (AvgIpc) is 2.98. The topological polar surface area (TPSA) is 22.1 Å². The Hall–Kier alpha value is -1.41.